The van der Waals surface area contributed by atoms with Gasteiger partial charge < -0.3 is 64.2 Å². The average Bonchev–Trinajstić information content (AvgIpc) is 3.31. The standard InChI is InChI=1S/C51H94O15/c1-3-5-7-9-11-13-15-17-18-19-20-22-24-26-28-30-32-34-43(54)64-39(36-61-42(53)33-31-29-27-25-23-21-16-14-12-10-8-6-4-2)37-62-50-49(60)47(58)45(56)41(66-50)38-63-51-48(59)46(57)44(55)40(35-52)65-51/h17-18,39-41,44-52,55-60H,3-16,19-38H2,1-2H3/b18-17+/t39-,40+,41+,44-,45-,46?,47?,48?,49?,50+,51+/m1/s1. The van der Waals surface area contributed by atoms with Crippen LogP contribution in [-0.2, 0) is 38.0 Å². The summed E-state index contributed by atoms with van der Waals surface area (Å²) >= 11 is 0. The Morgan fingerprint density at radius 3 is 1.33 bits per heavy atom. The zero-order valence-corrected chi connectivity index (χ0v) is 40.9. The fourth-order valence-corrected chi connectivity index (χ4v) is 8.39. The molecule has 11 atom stereocenters. The fourth-order valence-electron chi connectivity index (χ4n) is 8.39. The number of carbonyl (C=O) groups excluding carboxylic acids is 2. The van der Waals surface area contributed by atoms with Gasteiger partial charge in [0.25, 0.3) is 0 Å². The maximum absolute atomic E-state index is 13.0. The smallest absolute Gasteiger partial charge is 0.306 e. The molecule has 0 aromatic rings. The lowest BCUT2D eigenvalue weighted by Gasteiger charge is -2.42. The molecule has 4 unspecified atom stereocenters. The zero-order chi connectivity index (χ0) is 48.2. The average molecular weight is 947 g/mol. The van der Waals surface area contributed by atoms with Gasteiger partial charge in [-0.2, -0.15) is 0 Å². The van der Waals surface area contributed by atoms with Gasteiger partial charge in [0.2, 0.25) is 0 Å². The molecule has 7 N–H and O–H groups in total. The second-order valence-corrected chi connectivity index (χ2v) is 18.7. The van der Waals surface area contributed by atoms with E-state index >= 15 is 0 Å². The van der Waals surface area contributed by atoms with Crippen LogP contribution in [0.3, 0.4) is 0 Å². The SMILES string of the molecule is CCCCCCCC/C=C/CCCCCCCCCC(=O)O[C@H](COC(=O)CCCCCCCCCCCCCCC)CO[C@H]1O[C@@H](CO[C@H]2O[C@@H](CO)[C@@H](O)C(O)C2O)[C@@H](O)C(O)C1O. The molecular formula is C51H94O15. The molecular weight excluding hydrogens is 853 g/mol. The summed E-state index contributed by atoms with van der Waals surface area (Å²) in [5.41, 5.74) is 0. The second kappa shape index (κ2) is 39.0. The highest BCUT2D eigenvalue weighted by Gasteiger charge is 2.47. The Morgan fingerprint density at radius 2 is 0.864 bits per heavy atom. The molecule has 0 aromatic heterocycles. The summed E-state index contributed by atoms with van der Waals surface area (Å²) in [7, 11) is 0. The van der Waals surface area contributed by atoms with Gasteiger partial charge in [-0.1, -0.05) is 167 Å². The molecule has 15 nitrogen and oxygen atoms in total. The van der Waals surface area contributed by atoms with Gasteiger partial charge in [0.1, 0.15) is 55.4 Å². The van der Waals surface area contributed by atoms with Crippen LogP contribution in [0.4, 0.5) is 0 Å². The van der Waals surface area contributed by atoms with Gasteiger partial charge in [-0.3, -0.25) is 9.59 Å². The highest BCUT2D eigenvalue weighted by atomic mass is 16.7. The molecule has 2 aliphatic heterocycles. The summed E-state index contributed by atoms with van der Waals surface area (Å²) in [6, 6.07) is 0. The summed E-state index contributed by atoms with van der Waals surface area (Å²) in [5, 5.41) is 72.1. The van der Waals surface area contributed by atoms with E-state index in [4.69, 9.17) is 28.4 Å². The first-order valence-electron chi connectivity index (χ1n) is 26.3. The van der Waals surface area contributed by atoms with Gasteiger partial charge >= 0.3 is 11.9 Å². The molecule has 66 heavy (non-hydrogen) atoms. The van der Waals surface area contributed by atoms with Crippen molar-refractivity contribution in [2.45, 2.75) is 274 Å². The lowest BCUT2D eigenvalue weighted by atomic mass is 9.98. The van der Waals surface area contributed by atoms with Crippen molar-refractivity contribution in [3.05, 3.63) is 12.2 Å². The third-order valence-electron chi connectivity index (χ3n) is 12.7. The number of esters is 2. The highest BCUT2D eigenvalue weighted by Crippen LogP contribution is 2.26. The minimum absolute atomic E-state index is 0.164. The van der Waals surface area contributed by atoms with Crippen molar-refractivity contribution in [2.24, 2.45) is 0 Å². The number of aliphatic hydroxyl groups is 7. The maximum atomic E-state index is 13.0. The molecule has 2 rings (SSSR count). The highest BCUT2D eigenvalue weighted by molar-refractivity contribution is 5.70. The van der Waals surface area contributed by atoms with Crippen LogP contribution in [0.25, 0.3) is 0 Å². The lowest BCUT2D eigenvalue weighted by Crippen LogP contribution is -2.61. The molecule has 2 aliphatic rings. The summed E-state index contributed by atoms with van der Waals surface area (Å²) in [6.45, 7) is 2.60. The fraction of sp³-hybridized carbons (Fsp3) is 0.922. The molecule has 2 heterocycles. The number of rotatable bonds is 41. The molecule has 15 heteroatoms. The first-order chi connectivity index (χ1) is 32.0. The van der Waals surface area contributed by atoms with E-state index < -0.39 is 92.7 Å². The molecule has 388 valence electrons. The number of hydrogen-bond acceptors (Lipinski definition) is 15. The second-order valence-electron chi connectivity index (χ2n) is 18.7. The van der Waals surface area contributed by atoms with E-state index in [1.807, 2.05) is 0 Å². The molecule has 0 radical (unpaired) electrons. The van der Waals surface area contributed by atoms with Crippen LogP contribution in [0.1, 0.15) is 206 Å². The third kappa shape index (κ3) is 26.8. The van der Waals surface area contributed by atoms with E-state index in [1.165, 1.54) is 116 Å². The van der Waals surface area contributed by atoms with E-state index in [0.717, 1.165) is 51.4 Å². The van der Waals surface area contributed by atoms with E-state index in [9.17, 15) is 45.3 Å². The van der Waals surface area contributed by atoms with Gasteiger partial charge in [-0.15, -0.1) is 0 Å². The summed E-state index contributed by atoms with van der Waals surface area (Å²) in [6.07, 6.45) is 20.9. The van der Waals surface area contributed by atoms with Crippen LogP contribution in [0.2, 0.25) is 0 Å². The predicted molar refractivity (Wildman–Crippen MR) is 252 cm³/mol. The van der Waals surface area contributed by atoms with Gasteiger partial charge in [0, 0.05) is 12.8 Å². The largest absolute Gasteiger partial charge is 0.462 e. The summed E-state index contributed by atoms with van der Waals surface area (Å²) in [5.74, 6) is -0.920. The van der Waals surface area contributed by atoms with Crippen molar-refractivity contribution < 1.29 is 73.8 Å². The predicted octanol–water partition coefficient (Wildman–Crippen LogP) is 7.38. The molecule has 0 aromatic carbocycles. The molecule has 0 aliphatic carbocycles. The number of ether oxygens (including phenoxy) is 6. The minimum Gasteiger partial charge on any atom is -0.462 e. The number of allylic oxidation sites excluding steroid dienone is 2. The van der Waals surface area contributed by atoms with Crippen LogP contribution in [0.15, 0.2) is 12.2 Å². The summed E-state index contributed by atoms with van der Waals surface area (Å²) < 4.78 is 33.6. The van der Waals surface area contributed by atoms with Gasteiger partial charge in [0.05, 0.1) is 19.8 Å². The number of carbonyl (C=O) groups is 2. The molecule has 0 bridgehead atoms. The van der Waals surface area contributed by atoms with E-state index in [0.29, 0.717) is 12.8 Å². The van der Waals surface area contributed by atoms with Crippen LogP contribution in [0, 0.1) is 0 Å². The van der Waals surface area contributed by atoms with Crippen molar-refractivity contribution in [3.8, 4) is 0 Å². The van der Waals surface area contributed by atoms with E-state index in [-0.39, 0.29) is 26.1 Å². The van der Waals surface area contributed by atoms with Crippen molar-refractivity contribution in [2.75, 3.05) is 26.4 Å². The van der Waals surface area contributed by atoms with E-state index in [2.05, 4.69) is 26.0 Å². The molecule has 0 amide bonds. The molecule has 0 spiro atoms. The number of aliphatic hydroxyl groups excluding tert-OH is 7. The quantitative estimate of drug-likeness (QED) is 0.0180. The monoisotopic (exact) mass is 947 g/mol. The van der Waals surface area contributed by atoms with Crippen LogP contribution in [0.5, 0.6) is 0 Å². The zero-order valence-electron chi connectivity index (χ0n) is 40.9. The Morgan fingerprint density at radius 1 is 0.470 bits per heavy atom. The van der Waals surface area contributed by atoms with Crippen molar-refractivity contribution in [3.63, 3.8) is 0 Å². The van der Waals surface area contributed by atoms with Gasteiger partial charge in [-0.05, 0) is 38.5 Å². The third-order valence-corrected chi connectivity index (χ3v) is 12.7. The maximum Gasteiger partial charge on any atom is 0.306 e. The van der Waals surface area contributed by atoms with Crippen molar-refractivity contribution in [1.29, 1.82) is 0 Å². The van der Waals surface area contributed by atoms with Crippen molar-refractivity contribution in [1.82, 2.24) is 0 Å². The molecule has 2 saturated heterocycles. The Kier molecular flexibility index (Phi) is 35.7. The van der Waals surface area contributed by atoms with Crippen LogP contribution < -0.4 is 0 Å². The Bertz CT molecular complexity index is 1210. The van der Waals surface area contributed by atoms with Gasteiger partial charge in [0.15, 0.2) is 18.7 Å². The van der Waals surface area contributed by atoms with Crippen LogP contribution in [-0.4, -0.2) is 142 Å². The first-order valence-corrected chi connectivity index (χ1v) is 26.3. The normalized spacial score (nSPS) is 26.2. The minimum atomic E-state index is -1.76. The van der Waals surface area contributed by atoms with Crippen molar-refractivity contribution >= 4 is 11.9 Å². The Hall–Kier alpha value is -1.76. The van der Waals surface area contributed by atoms with E-state index in [1.54, 1.807) is 0 Å². The first kappa shape index (κ1) is 60.4. The molecule has 0 saturated carbocycles. The number of unbranched alkanes of at least 4 members (excludes halogenated alkanes) is 25. The number of hydrogen-bond donors (Lipinski definition) is 7. The van der Waals surface area contributed by atoms with Crippen LogP contribution >= 0.6 is 0 Å². The lowest BCUT2D eigenvalue weighted by molar-refractivity contribution is -0.332. The topological polar surface area (TPSA) is 231 Å². The van der Waals surface area contributed by atoms with Gasteiger partial charge in [-0.25, -0.2) is 0 Å². The molecule has 2 fully saturated rings. The Labute approximate surface area is 397 Å². The Balaban J connectivity index is 1.80. The summed E-state index contributed by atoms with van der Waals surface area (Å²) in [4.78, 5) is 25.7.